The molecule has 5 unspecified atom stereocenters. The van der Waals surface area contributed by atoms with Gasteiger partial charge in [-0.2, -0.15) is 16.8 Å². The van der Waals surface area contributed by atoms with Gasteiger partial charge in [-0.05, 0) is 49.9 Å². The number of esters is 2. The highest BCUT2D eigenvalue weighted by molar-refractivity contribution is 7.86. The van der Waals surface area contributed by atoms with E-state index in [0.717, 1.165) is 19.3 Å². The van der Waals surface area contributed by atoms with Crippen LogP contribution in [0.5, 0.6) is 0 Å². The molecule has 0 aromatic rings. The van der Waals surface area contributed by atoms with Crippen LogP contribution in [-0.4, -0.2) is 62.1 Å². The number of fused-ring (bicyclic) bond motifs is 2. The summed E-state index contributed by atoms with van der Waals surface area (Å²) < 4.78 is 69.9. The summed E-state index contributed by atoms with van der Waals surface area (Å²) in [5, 5.41) is 0. The van der Waals surface area contributed by atoms with Gasteiger partial charge in [0.15, 0.2) is 0 Å². The van der Waals surface area contributed by atoms with E-state index in [1.165, 1.54) is 13.0 Å². The normalized spacial score (nSPS) is 27.8. The highest BCUT2D eigenvalue weighted by atomic mass is 32.2. The SMILES string of the molecule is CC(CS(=O)(=O)O)OC(=O)C=CC1CC2CC1CC2CC(=O)OCCS(=O)(=O)O. The van der Waals surface area contributed by atoms with E-state index in [0.29, 0.717) is 11.8 Å². The van der Waals surface area contributed by atoms with Crippen LogP contribution in [0.3, 0.4) is 0 Å². The molecule has 0 aromatic carbocycles. The van der Waals surface area contributed by atoms with Crippen LogP contribution < -0.4 is 0 Å². The lowest BCUT2D eigenvalue weighted by Gasteiger charge is -2.25. The average Bonchev–Trinajstić information content (AvgIpc) is 3.09. The zero-order valence-corrected chi connectivity index (χ0v) is 17.6. The lowest BCUT2D eigenvalue weighted by atomic mass is 9.80. The molecule has 0 aliphatic heterocycles. The Balaban J connectivity index is 1.73. The maximum absolute atomic E-state index is 11.8. The molecule has 2 fully saturated rings. The molecule has 2 aliphatic rings. The minimum Gasteiger partial charge on any atom is -0.464 e. The van der Waals surface area contributed by atoms with Gasteiger partial charge in [-0.25, -0.2) is 4.79 Å². The van der Waals surface area contributed by atoms with Gasteiger partial charge in [-0.1, -0.05) is 6.08 Å². The van der Waals surface area contributed by atoms with Crippen LogP contribution in [0, 0.1) is 23.7 Å². The van der Waals surface area contributed by atoms with Crippen molar-refractivity contribution in [1.82, 2.24) is 0 Å². The van der Waals surface area contributed by atoms with Gasteiger partial charge < -0.3 is 9.47 Å². The number of carbonyl (C=O) groups excluding carboxylic acids is 2. The smallest absolute Gasteiger partial charge is 0.330 e. The first kappa shape index (κ1) is 23.8. The number of hydrogen-bond acceptors (Lipinski definition) is 8. The summed E-state index contributed by atoms with van der Waals surface area (Å²) in [5.41, 5.74) is 0. The van der Waals surface area contributed by atoms with E-state index in [-0.39, 0.29) is 24.9 Å². The van der Waals surface area contributed by atoms with E-state index in [4.69, 9.17) is 18.6 Å². The van der Waals surface area contributed by atoms with Gasteiger partial charge in [0.05, 0.1) is 0 Å². The molecule has 12 heteroatoms. The second kappa shape index (κ2) is 9.54. The quantitative estimate of drug-likeness (QED) is 0.275. The summed E-state index contributed by atoms with van der Waals surface area (Å²) in [6.45, 7) is 0.999. The van der Waals surface area contributed by atoms with Crippen molar-refractivity contribution in [2.75, 3.05) is 18.1 Å². The first-order chi connectivity index (χ1) is 13.3. The first-order valence-electron chi connectivity index (χ1n) is 9.27. The third-order valence-corrected chi connectivity index (χ3v) is 6.91. The van der Waals surface area contributed by atoms with Crippen molar-refractivity contribution >= 4 is 32.2 Å². The van der Waals surface area contributed by atoms with Gasteiger partial charge in [0.1, 0.15) is 24.2 Å². The van der Waals surface area contributed by atoms with Crippen LogP contribution in [-0.2, 0) is 39.3 Å². The van der Waals surface area contributed by atoms with E-state index in [9.17, 15) is 26.4 Å². The Hall–Kier alpha value is -1.50. The molecule has 0 spiro atoms. The minimum absolute atomic E-state index is 0.143. The molecular weight excluding hydrogens is 428 g/mol. The molecule has 0 heterocycles. The third-order valence-electron chi connectivity index (χ3n) is 5.33. The second-order valence-corrected chi connectivity index (χ2v) is 10.8. The summed E-state index contributed by atoms with van der Waals surface area (Å²) in [5.74, 6) is -1.53. The molecule has 0 saturated heterocycles. The standard InChI is InChI=1S/C17H26O10S2/c1-11(10-29(23,24)25)27-16(18)3-2-12-6-14-7-13(12)8-15(14)9-17(19)26-4-5-28(20,21)22/h2-3,11-15H,4-10H2,1H3,(H,20,21,22)(H,23,24,25). The van der Waals surface area contributed by atoms with Crippen LogP contribution in [0.2, 0.25) is 0 Å². The second-order valence-electron chi connectivity index (χ2n) is 7.72. The Kier molecular flexibility index (Phi) is 7.82. The van der Waals surface area contributed by atoms with E-state index < -0.39 is 49.8 Å². The number of allylic oxidation sites excluding steroid dienone is 1. The van der Waals surface area contributed by atoms with E-state index in [1.807, 2.05) is 0 Å². The van der Waals surface area contributed by atoms with Crippen LogP contribution in [0.1, 0.15) is 32.6 Å². The van der Waals surface area contributed by atoms with Gasteiger partial charge in [-0.15, -0.1) is 0 Å². The van der Waals surface area contributed by atoms with E-state index >= 15 is 0 Å². The van der Waals surface area contributed by atoms with Gasteiger partial charge in [0, 0.05) is 12.5 Å². The maximum atomic E-state index is 11.8. The zero-order chi connectivity index (χ0) is 21.8. The number of rotatable bonds is 10. The van der Waals surface area contributed by atoms with Gasteiger partial charge in [0.25, 0.3) is 20.2 Å². The molecule has 166 valence electrons. The zero-order valence-electron chi connectivity index (χ0n) is 16.0. The Morgan fingerprint density at radius 3 is 2.31 bits per heavy atom. The van der Waals surface area contributed by atoms with Crippen molar-refractivity contribution in [2.45, 2.75) is 38.7 Å². The molecule has 2 N–H and O–H groups in total. The Morgan fingerprint density at radius 1 is 1.07 bits per heavy atom. The summed E-state index contributed by atoms with van der Waals surface area (Å²) in [6.07, 6.45) is 4.76. The monoisotopic (exact) mass is 454 g/mol. The van der Waals surface area contributed by atoms with Gasteiger partial charge in [-0.3, -0.25) is 13.9 Å². The Bertz CT molecular complexity index is 845. The van der Waals surface area contributed by atoms with Crippen molar-refractivity contribution in [3.8, 4) is 0 Å². The van der Waals surface area contributed by atoms with E-state index in [1.54, 1.807) is 6.08 Å². The summed E-state index contributed by atoms with van der Waals surface area (Å²) in [4.78, 5) is 23.6. The largest absolute Gasteiger partial charge is 0.464 e. The van der Waals surface area contributed by atoms with Crippen molar-refractivity contribution in [1.29, 1.82) is 0 Å². The highest BCUT2D eigenvalue weighted by Gasteiger charge is 2.45. The summed E-state index contributed by atoms with van der Waals surface area (Å²) in [7, 11) is -8.37. The maximum Gasteiger partial charge on any atom is 0.330 e. The number of carbonyl (C=O) groups is 2. The van der Waals surface area contributed by atoms with Gasteiger partial charge >= 0.3 is 11.9 Å². The highest BCUT2D eigenvalue weighted by Crippen LogP contribution is 2.53. The Morgan fingerprint density at radius 2 is 1.76 bits per heavy atom. The van der Waals surface area contributed by atoms with Crippen LogP contribution in [0.15, 0.2) is 12.2 Å². The fourth-order valence-corrected chi connectivity index (χ4v) is 5.18. The molecule has 5 atom stereocenters. The van der Waals surface area contributed by atoms with Crippen molar-refractivity contribution in [3.63, 3.8) is 0 Å². The third kappa shape index (κ3) is 8.41. The van der Waals surface area contributed by atoms with Crippen molar-refractivity contribution < 1.29 is 45.0 Å². The number of ether oxygens (including phenoxy) is 2. The lowest BCUT2D eigenvalue weighted by Crippen LogP contribution is -2.23. The molecule has 10 nitrogen and oxygen atoms in total. The minimum atomic E-state index is -4.22. The first-order valence-corrected chi connectivity index (χ1v) is 12.5. The molecule has 29 heavy (non-hydrogen) atoms. The van der Waals surface area contributed by atoms with Gasteiger partial charge in [0.2, 0.25) is 0 Å². The average molecular weight is 455 g/mol. The predicted octanol–water partition coefficient (Wildman–Crippen LogP) is 0.846. The molecule has 0 aromatic heterocycles. The fourth-order valence-electron chi connectivity index (χ4n) is 4.23. The fraction of sp³-hybridized carbons (Fsp3) is 0.765. The molecule has 2 rings (SSSR count). The van der Waals surface area contributed by atoms with Crippen molar-refractivity contribution in [2.24, 2.45) is 23.7 Å². The topological polar surface area (TPSA) is 161 Å². The summed E-state index contributed by atoms with van der Waals surface area (Å²) in [6, 6.07) is 0. The molecule has 0 amide bonds. The molecule has 2 bridgehead atoms. The van der Waals surface area contributed by atoms with E-state index in [2.05, 4.69) is 0 Å². The predicted molar refractivity (Wildman–Crippen MR) is 101 cm³/mol. The molecule has 0 radical (unpaired) electrons. The van der Waals surface area contributed by atoms with Crippen LogP contribution >= 0.6 is 0 Å². The molecule has 2 saturated carbocycles. The van der Waals surface area contributed by atoms with Crippen LogP contribution in [0.25, 0.3) is 0 Å². The molecular formula is C17H26O10S2. The van der Waals surface area contributed by atoms with Crippen LogP contribution in [0.4, 0.5) is 0 Å². The molecule has 2 aliphatic carbocycles. The lowest BCUT2D eigenvalue weighted by molar-refractivity contribution is -0.144. The van der Waals surface area contributed by atoms with Crippen molar-refractivity contribution in [3.05, 3.63) is 12.2 Å². The summed E-state index contributed by atoms with van der Waals surface area (Å²) >= 11 is 0. The Labute approximate surface area is 170 Å². The number of hydrogen-bond donors (Lipinski definition) is 2.